The topological polar surface area (TPSA) is 55.1 Å². The highest BCUT2D eigenvalue weighted by Crippen LogP contribution is 2.20. The second-order valence-corrected chi connectivity index (χ2v) is 5.18. The van der Waals surface area contributed by atoms with Gasteiger partial charge >= 0.3 is 0 Å². The Morgan fingerprint density at radius 1 is 1.24 bits per heavy atom. The lowest BCUT2D eigenvalue weighted by molar-refractivity contribution is 0.0909. The second-order valence-electron chi connectivity index (χ2n) is 5.18. The molecule has 0 atom stereocenters. The molecule has 1 amide bonds. The van der Waals surface area contributed by atoms with Crippen LogP contribution < -0.4 is 11.1 Å². The van der Waals surface area contributed by atoms with Crippen LogP contribution in [0.1, 0.15) is 39.9 Å². The molecule has 0 bridgehead atoms. The first-order chi connectivity index (χ1) is 7.97. The maximum absolute atomic E-state index is 12.2. The Labute approximate surface area is 102 Å². The smallest absolute Gasteiger partial charge is 0.252 e. The van der Waals surface area contributed by atoms with Gasteiger partial charge in [-0.25, -0.2) is 0 Å². The number of carbonyl (C=O) groups excluding carboxylic acids is 1. The van der Waals surface area contributed by atoms with Crippen molar-refractivity contribution in [3.63, 3.8) is 0 Å². The molecule has 0 spiro atoms. The lowest BCUT2D eigenvalue weighted by atomic mass is 9.87. The molecular formula is C14H20N2O. The van der Waals surface area contributed by atoms with Crippen molar-refractivity contribution in [3.8, 4) is 0 Å². The van der Waals surface area contributed by atoms with E-state index in [1.807, 2.05) is 20.8 Å². The zero-order chi connectivity index (χ0) is 12.6. The third-order valence-corrected chi connectivity index (χ3v) is 3.41. The van der Waals surface area contributed by atoms with Crippen LogP contribution in [-0.4, -0.2) is 18.0 Å². The molecule has 1 aliphatic rings. The van der Waals surface area contributed by atoms with Crippen LogP contribution in [-0.2, 0) is 0 Å². The normalized spacial score (nSPS) is 23.1. The third kappa shape index (κ3) is 2.50. The van der Waals surface area contributed by atoms with E-state index in [4.69, 9.17) is 5.73 Å². The largest absolute Gasteiger partial charge is 0.349 e. The molecule has 3 nitrogen and oxygen atoms in total. The predicted octanol–water partition coefficient (Wildman–Crippen LogP) is 1.83. The van der Waals surface area contributed by atoms with Crippen LogP contribution in [0.2, 0.25) is 0 Å². The summed E-state index contributed by atoms with van der Waals surface area (Å²) in [5.41, 5.74) is 9.81. The minimum Gasteiger partial charge on any atom is -0.349 e. The zero-order valence-electron chi connectivity index (χ0n) is 10.7. The van der Waals surface area contributed by atoms with Crippen LogP contribution in [0, 0.1) is 20.8 Å². The minimum atomic E-state index is 0.0388. The molecule has 3 heteroatoms. The highest BCUT2D eigenvalue weighted by Gasteiger charge is 2.28. The number of benzene rings is 1. The Balaban J connectivity index is 2.14. The Hall–Kier alpha value is -1.35. The quantitative estimate of drug-likeness (QED) is 0.817. The van der Waals surface area contributed by atoms with E-state index >= 15 is 0 Å². The van der Waals surface area contributed by atoms with Gasteiger partial charge in [-0.05, 0) is 44.7 Å². The van der Waals surface area contributed by atoms with Crippen LogP contribution in [0.4, 0.5) is 0 Å². The van der Waals surface area contributed by atoms with Crippen LogP contribution in [0.3, 0.4) is 0 Å². The summed E-state index contributed by atoms with van der Waals surface area (Å²) in [7, 11) is 0. The molecule has 1 saturated carbocycles. The van der Waals surface area contributed by atoms with Crippen molar-refractivity contribution in [1.82, 2.24) is 5.32 Å². The van der Waals surface area contributed by atoms with Gasteiger partial charge in [-0.15, -0.1) is 0 Å². The number of nitrogens with one attached hydrogen (secondary N) is 1. The van der Waals surface area contributed by atoms with E-state index < -0.39 is 0 Å². The van der Waals surface area contributed by atoms with Crippen molar-refractivity contribution in [2.75, 3.05) is 0 Å². The van der Waals surface area contributed by atoms with Crippen molar-refractivity contribution < 1.29 is 4.79 Å². The van der Waals surface area contributed by atoms with Gasteiger partial charge < -0.3 is 11.1 Å². The van der Waals surface area contributed by atoms with E-state index in [0.717, 1.165) is 29.5 Å². The highest BCUT2D eigenvalue weighted by atomic mass is 16.1. The van der Waals surface area contributed by atoms with Gasteiger partial charge in [-0.2, -0.15) is 0 Å². The molecule has 0 radical (unpaired) electrons. The third-order valence-electron chi connectivity index (χ3n) is 3.41. The summed E-state index contributed by atoms with van der Waals surface area (Å²) >= 11 is 0. The fraction of sp³-hybridized carbons (Fsp3) is 0.500. The number of nitrogens with two attached hydrogens (primary N) is 1. The molecule has 2 rings (SSSR count). The highest BCUT2D eigenvalue weighted by molar-refractivity contribution is 5.97. The number of hydrogen-bond acceptors (Lipinski definition) is 2. The summed E-state index contributed by atoms with van der Waals surface area (Å²) in [4.78, 5) is 12.2. The number of amides is 1. The van der Waals surface area contributed by atoms with Gasteiger partial charge in [0.25, 0.3) is 5.91 Å². The Bertz CT molecular complexity index is 425. The molecule has 1 aromatic rings. The molecule has 0 aliphatic heterocycles. The van der Waals surface area contributed by atoms with Gasteiger partial charge in [0.2, 0.25) is 0 Å². The van der Waals surface area contributed by atoms with E-state index in [9.17, 15) is 4.79 Å². The number of aryl methyl sites for hydroxylation is 3. The molecule has 1 fully saturated rings. The van der Waals surface area contributed by atoms with Crippen LogP contribution in [0.5, 0.6) is 0 Å². The average Bonchev–Trinajstić information content (AvgIpc) is 2.13. The fourth-order valence-corrected chi connectivity index (χ4v) is 2.58. The lowest BCUT2D eigenvalue weighted by Gasteiger charge is -2.33. The molecule has 0 heterocycles. The molecule has 0 saturated heterocycles. The van der Waals surface area contributed by atoms with E-state index in [0.29, 0.717) is 0 Å². The molecule has 92 valence electrons. The average molecular weight is 232 g/mol. The standard InChI is InChI=1S/C14H20N2O/c1-8-4-9(2)13(10(3)5-8)14(17)16-12-6-11(15)7-12/h4-5,11-12H,6-7,15H2,1-3H3,(H,16,17). The molecular weight excluding hydrogens is 212 g/mol. The maximum Gasteiger partial charge on any atom is 0.252 e. The number of rotatable bonds is 2. The first-order valence-corrected chi connectivity index (χ1v) is 6.11. The van der Waals surface area contributed by atoms with Crippen molar-refractivity contribution in [1.29, 1.82) is 0 Å². The van der Waals surface area contributed by atoms with Gasteiger partial charge in [-0.3, -0.25) is 4.79 Å². The summed E-state index contributed by atoms with van der Waals surface area (Å²) in [6.45, 7) is 6.02. The molecule has 0 unspecified atom stereocenters. The molecule has 17 heavy (non-hydrogen) atoms. The van der Waals surface area contributed by atoms with Gasteiger partial charge in [-0.1, -0.05) is 17.7 Å². The van der Waals surface area contributed by atoms with E-state index in [-0.39, 0.29) is 18.0 Å². The molecule has 1 aromatic carbocycles. The van der Waals surface area contributed by atoms with E-state index in [2.05, 4.69) is 17.4 Å². The van der Waals surface area contributed by atoms with E-state index in [1.165, 1.54) is 5.56 Å². The van der Waals surface area contributed by atoms with Crippen molar-refractivity contribution in [2.24, 2.45) is 5.73 Å². The van der Waals surface area contributed by atoms with Gasteiger partial charge in [0.05, 0.1) is 0 Å². The molecule has 3 N–H and O–H groups in total. The Morgan fingerprint density at radius 3 is 2.24 bits per heavy atom. The second kappa shape index (κ2) is 4.49. The first kappa shape index (κ1) is 12.1. The molecule has 0 aromatic heterocycles. The number of carbonyl (C=O) groups is 1. The van der Waals surface area contributed by atoms with Gasteiger partial charge in [0.1, 0.15) is 0 Å². The fourth-order valence-electron chi connectivity index (χ4n) is 2.58. The lowest BCUT2D eigenvalue weighted by Crippen LogP contribution is -2.50. The first-order valence-electron chi connectivity index (χ1n) is 6.11. The van der Waals surface area contributed by atoms with Gasteiger partial charge in [0.15, 0.2) is 0 Å². The summed E-state index contributed by atoms with van der Waals surface area (Å²) in [6, 6.07) is 4.63. The van der Waals surface area contributed by atoms with Crippen LogP contribution >= 0.6 is 0 Å². The Morgan fingerprint density at radius 2 is 1.76 bits per heavy atom. The summed E-state index contributed by atoms with van der Waals surface area (Å²) < 4.78 is 0. The summed E-state index contributed by atoms with van der Waals surface area (Å²) in [5.74, 6) is 0.0388. The minimum absolute atomic E-state index is 0.0388. The van der Waals surface area contributed by atoms with Gasteiger partial charge in [0, 0.05) is 17.6 Å². The van der Waals surface area contributed by atoms with Crippen LogP contribution in [0.25, 0.3) is 0 Å². The van der Waals surface area contributed by atoms with Crippen molar-refractivity contribution in [2.45, 2.75) is 45.7 Å². The summed E-state index contributed by atoms with van der Waals surface area (Å²) in [6.07, 6.45) is 1.80. The monoisotopic (exact) mass is 232 g/mol. The Kier molecular flexibility index (Phi) is 3.20. The molecule has 1 aliphatic carbocycles. The van der Waals surface area contributed by atoms with E-state index in [1.54, 1.807) is 0 Å². The van der Waals surface area contributed by atoms with Crippen LogP contribution in [0.15, 0.2) is 12.1 Å². The summed E-state index contributed by atoms with van der Waals surface area (Å²) in [5, 5.41) is 3.05. The SMILES string of the molecule is Cc1cc(C)c(C(=O)NC2CC(N)C2)c(C)c1. The number of hydrogen-bond donors (Lipinski definition) is 2. The predicted molar refractivity (Wildman–Crippen MR) is 69.1 cm³/mol. The van der Waals surface area contributed by atoms with Crippen molar-refractivity contribution in [3.05, 3.63) is 34.4 Å². The zero-order valence-corrected chi connectivity index (χ0v) is 10.7. The maximum atomic E-state index is 12.2. The van der Waals surface area contributed by atoms with Crippen molar-refractivity contribution >= 4 is 5.91 Å².